The van der Waals surface area contributed by atoms with Crippen LogP contribution in [-0.2, 0) is 0 Å². The van der Waals surface area contributed by atoms with Crippen LogP contribution in [-0.4, -0.2) is 14.4 Å². The lowest BCUT2D eigenvalue weighted by Crippen LogP contribution is -2.14. The zero-order chi connectivity index (χ0) is 9.59. The molecular weight excluding hydrogens is 234 g/mol. The molecule has 1 N–H and O–H groups in total. The van der Waals surface area contributed by atoms with E-state index in [1.807, 2.05) is 6.92 Å². The second-order valence-corrected chi connectivity index (χ2v) is 3.68. The molecule has 2 rings (SSSR count). The number of aromatic amines is 1. The van der Waals surface area contributed by atoms with E-state index in [0.29, 0.717) is 16.1 Å². The molecule has 0 radical (unpaired) electrons. The standard InChI is InChI=1S/C8H8BrN3O/c1-4-3-6(13)12-5(2)11-7(9)8(12)10-4/h3,10H,1-2H3. The van der Waals surface area contributed by atoms with Crippen molar-refractivity contribution in [3.63, 3.8) is 0 Å². The first kappa shape index (κ1) is 8.50. The maximum absolute atomic E-state index is 11.5. The maximum atomic E-state index is 11.5. The van der Waals surface area contributed by atoms with Crippen molar-refractivity contribution in [2.45, 2.75) is 13.8 Å². The molecule has 0 aromatic carbocycles. The molecule has 0 bridgehead atoms. The fraction of sp³-hybridized carbons (Fsp3) is 0.250. The lowest BCUT2D eigenvalue weighted by molar-refractivity contribution is 0.969. The Morgan fingerprint density at radius 2 is 2.23 bits per heavy atom. The summed E-state index contributed by atoms with van der Waals surface area (Å²) in [6.07, 6.45) is 0. The Hall–Kier alpha value is -1.10. The predicted molar refractivity (Wildman–Crippen MR) is 53.0 cm³/mol. The number of hydrogen-bond acceptors (Lipinski definition) is 2. The Kier molecular flexibility index (Phi) is 1.76. The molecule has 0 saturated heterocycles. The summed E-state index contributed by atoms with van der Waals surface area (Å²) in [6.45, 7) is 3.64. The molecule has 2 aromatic heterocycles. The van der Waals surface area contributed by atoms with E-state index in [-0.39, 0.29) is 5.56 Å². The molecule has 4 nitrogen and oxygen atoms in total. The number of halogens is 1. The van der Waals surface area contributed by atoms with Gasteiger partial charge in [-0.2, -0.15) is 0 Å². The third-order valence-corrected chi connectivity index (χ3v) is 2.43. The number of nitrogens with one attached hydrogen (secondary N) is 1. The van der Waals surface area contributed by atoms with Gasteiger partial charge in [0.05, 0.1) is 0 Å². The van der Waals surface area contributed by atoms with Crippen LogP contribution in [0.1, 0.15) is 11.5 Å². The third kappa shape index (κ3) is 1.19. The fourth-order valence-electron chi connectivity index (χ4n) is 1.35. The summed E-state index contributed by atoms with van der Waals surface area (Å²) < 4.78 is 2.21. The summed E-state index contributed by atoms with van der Waals surface area (Å²) in [7, 11) is 0. The monoisotopic (exact) mass is 241 g/mol. The normalized spacial score (nSPS) is 11.0. The van der Waals surface area contributed by atoms with Crippen LogP contribution in [0.5, 0.6) is 0 Å². The number of aryl methyl sites for hydroxylation is 2. The fourth-order valence-corrected chi connectivity index (χ4v) is 1.88. The first-order valence-electron chi connectivity index (χ1n) is 3.84. The van der Waals surface area contributed by atoms with E-state index < -0.39 is 0 Å². The molecule has 2 heterocycles. The molecular formula is C8H8BrN3O. The number of nitrogens with zero attached hydrogens (tertiary/aromatic N) is 2. The van der Waals surface area contributed by atoms with Crippen molar-refractivity contribution in [3.05, 3.63) is 32.5 Å². The van der Waals surface area contributed by atoms with Gasteiger partial charge in [-0.3, -0.25) is 4.79 Å². The van der Waals surface area contributed by atoms with Crippen LogP contribution in [0.4, 0.5) is 0 Å². The minimum atomic E-state index is -0.0537. The zero-order valence-electron chi connectivity index (χ0n) is 7.26. The summed E-state index contributed by atoms with van der Waals surface area (Å²) in [5.41, 5.74) is 1.49. The molecule has 0 atom stereocenters. The number of imidazole rings is 1. The molecule has 0 saturated carbocycles. The Morgan fingerprint density at radius 3 is 2.92 bits per heavy atom. The van der Waals surface area contributed by atoms with Gasteiger partial charge in [-0.15, -0.1) is 0 Å². The number of fused-ring (bicyclic) bond motifs is 1. The van der Waals surface area contributed by atoms with E-state index in [4.69, 9.17) is 0 Å². The van der Waals surface area contributed by atoms with Crippen LogP contribution in [0.15, 0.2) is 15.5 Å². The van der Waals surface area contributed by atoms with Crippen LogP contribution in [0.2, 0.25) is 0 Å². The van der Waals surface area contributed by atoms with Gasteiger partial charge in [0.15, 0.2) is 5.65 Å². The summed E-state index contributed by atoms with van der Waals surface area (Å²) in [6, 6.07) is 1.55. The highest BCUT2D eigenvalue weighted by molar-refractivity contribution is 9.10. The molecule has 0 amide bonds. The molecule has 0 aliphatic heterocycles. The topological polar surface area (TPSA) is 50.2 Å². The van der Waals surface area contributed by atoms with Crippen LogP contribution in [0.25, 0.3) is 5.65 Å². The lowest BCUT2D eigenvalue weighted by atomic mass is 10.4. The van der Waals surface area contributed by atoms with E-state index >= 15 is 0 Å². The molecule has 0 aliphatic rings. The van der Waals surface area contributed by atoms with Crippen LogP contribution in [0.3, 0.4) is 0 Å². The number of H-pyrrole nitrogens is 1. The molecule has 5 heteroatoms. The van der Waals surface area contributed by atoms with Crippen molar-refractivity contribution in [3.8, 4) is 0 Å². The van der Waals surface area contributed by atoms with Crippen molar-refractivity contribution in [2.75, 3.05) is 0 Å². The minimum absolute atomic E-state index is 0.0537. The van der Waals surface area contributed by atoms with E-state index in [1.165, 1.54) is 4.40 Å². The highest BCUT2D eigenvalue weighted by Gasteiger charge is 2.08. The summed E-state index contributed by atoms with van der Waals surface area (Å²) >= 11 is 3.28. The zero-order valence-corrected chi connectivity index (χ0v) is 8.84. The molecule has 0 fully saturated rings. The Morgan fingerprint density at radius 1 is 1.54 bits per heavy atom. The molecule has 0 spiro atoms. The Bertz CT molecular complexity index is 526. The van der Waals surface area contributed by atoms with E-state index in [9.17, 15) is 4.79 Å². The number of aromatic nitrogens is 3. The van der Waals surface area contributed by atoms with Gasteiger partial charge in [0.25, 0.3) is 5.56 Å². The van der Waals surface area contributed by atoms with Crippen molar-refractivity contribution in [1.29, 1.82) is 0 Å². The molecule has 2 aromatic rings. The van der Waals surface area contributed by atoms with Crippen LogP contribution >= 0.6 is 15.9 Å². The van der Waals surface area contributed by atoms with Gasteiger partial charge in [-0.25, -0.2) is 9.38 Å². The number of rotatable bonds is 0. The maximum Gasteiger partial charge on any atom is 0.259 e. The van der Waals surface area contributed by atoms with Gasteiger partial charge < -0.3 is 4.98 Å². The first-order chi connectivity index (χ1) is 6.09. The highest BCUT2D eigenvalue weighted by Crippen LogP contribution is 2.14. The average Bonchev–Trinajstić information content (AvgIpc) is 2.27. The summed E-state index contributed by atoms with van der Waals surface area (Å²) in [5.74, 6) is 0.683. The van der Waals surface area contributed by atoms with Gasteiger partial charge >= 0.3 is 0 Å². The lowest BCUT2D eigenvalue weighted by Gasteiger charge is -1.96. The van der Waals surface area contributed by atoms with Crippen LogP contribution < -0.4 is 5.56 Å². The quantitative estimate of drug-likeness (QED) is 0.759. The average molecular weight is 242 g/mol. The molecule has 68 valence electrons. The van der Waals surface area contributed by atoms with Gasteiger partial charge in [0, 0.05) is 11.8 Å². The molecule has 0 aliphatic carbocycles. The second kappa shape index (κ2) is 2.70. The second-order valence-electron chi connectivity index (χ2n) is 2.92. The molecule has 0 unspecified atom stereocenters. The third-order valence-electron chi connectivity index (χ3n) is 1.88. The van der Waals surface area contributed by atoms with Crippen molar-refractivity contribution < 1.29 is 0 Å². The van der Waals surface area contributed by atoms with Crippen molar-refractivity contribution in [1.82, 2.24) is 14.4 Å². The Balaban J connectivity index is 3.06. The van der Waals surface area contributed by atoms with E-state index in [0.717, 1.165) is 5.69 Å². The Labute approximate surface area is 82.7 Å². The van der Waals surface area contributed by atoms with Crippen LogP contribution in [0, 0.1) is 13.8 Å². The highest BCUT2D eigenvalue weighted by atomic mass is 79.9. The van der Waals surface area contributed by atoms with Gasteiger partial charge in [-0.05, 0) is 29.8 Å². The van der Waals surface area contributed by atoms with Gasteiger partial charge in [0.1, 0.15) is 10.4 Å². The smallest absolute Gasteiger partial charge is 0.259 e. The summed E-state index contributed by atoms with van der Waals surface area (Å²) in [5, 5.41) is 0. The van der Waals surface area contributed by atoms with E-state index in [2.05, 4.69) is 25.9 Å². The van der Waals surface area contributed by atoms with Gasteiger partial charge in [-0.1, -0.05) is 0 Å². The first-order valence-corrected chi connectivity index (χ1v) is 4.63. The van der Waals surface area contributed by atoms with Crippen molar-refractivity contribution in [2.24, 2.45) is 0 Å². The number of hydrogen-bond donors (Lipinski definition) is 1. The predicted octanol–water partition coefficient (Wildman–Crippen LogP) is 1.40. The largest absolute Gasteiger partial charge is 0.343 e. The SMILES string of the molecule is Cc1cc(=O)n2c(C)nc(Br)c2[nH]1. The molecule has 13 heavy (non-hydrogen) atoms. The summed E-state index contributed by atoms with van der Waals surface area (Å²) in [4.78, 5) is 18.7. The minimum Gasteiger partial charge on any atom is -0.343 e. The van der Waals surface area contributed by atoms with Gasteiger partial charge in [0.2, 0.25) is 0 Å². The van der Waals surface area contributed by atoms with E-state index in [1.54, 1.807) is 13.0 Å². The van der Waals surface area contributed by atoms with Crippen molar-refractivity contribution >= 4 is 21.6 Å².